The van der Waals surface area contributed by atoms with Crippen LogP contribution in [0, 0.1) is 0 Å². The van der Waals surface area contributed by atoms with Crippen LogP contribution in [0.25, 0.3) is 0 Å². The smallest absolute Gasteiger partial charge is 0.263 e. The van der Waals surface area contributed by atoms with Crippen molar-refractivity contribution in [1.82, 2.24) is 10.3 Å². The molecule has 0 saturated carbocycles. The molecule has 2 rings (SSSR count). The number of hydrogen-bond donors (Lipinski definition) is 2. The molecule has 21 heavy (non-hydrogen) atoms. The average molecular weight is 327 g/mol. The fraction of sp³-hybridized carbons (Fsp3) is 0.308. The van der Waals surface area contributed by atoms with Gasteiger partial charge in [0.25, 0.3) is 10.0 Å². The Morgan fingerprint density at radius 3 is 2.76 bits per heavy atom. The van der Waals surface area contributed by atoms with E-state index in [0.29, 0.717) is 23.0 Å². The molecule has 0 radical (unpaired) electrons. The Morgan fingerprint density at radius 2 is 2.14 bits per heavy atom. The molecule has 8 heteroatoms. The van der Waals surface area contributed by atoms with Crippen molar-refractivity contribution in [3.63, 3.8) is 0 Å². The van der Waals surface area contributed by atoms with Gasteiger partial charge in [-0.15, -0.1) is 11.3 Å². The first kappa shape index (κ1) is 15.7. The number of hydrogen-bond acceptors (Lipinski definition) is 6. The molecule has 0 bridgehead atoms. The minimum atomic E-state index is -3.61. The van der Waals surface area contributed by atoms with Crippen LogP contribution in [0.5, 0.6) is 5.88 Å². The zero-order valence-electron chi connectivity index (χ0n) is 11.8. The number of sulfonamides is 1. The molecular formula is C13H17N3O3S2. The van der Waals surface area contributed by atoms with E-state index in [1.54, 1.807) is 23.6 Å². The first-order valence-electron chi connectivity index (χ1n) is 6.36. The number of thiophene rings is 1. The Kier molecular flexibility index (Phi) is 5.16. The lowest BCUT2D eigenvalue weighted by atomic mass is 10.4. The van der Waals surface area contributed by atoms with Gasteiger partial charge in [0.15, 0.2) is 0 Å². The molecule has 0 aliphatic carbocycles. The Balaban J connectivity index is 2.19. The van der Waals surface area contributed by atoms with Gasteiger partial charge in [0.2, 0.25) is 5.88 Å². The van der Waals surface area contributed by atoms with Gasteiger partial charge in [-0.1, -0.05) is 6.92 Å². The van der Waals surface area contributed by atoms with Crippen molar-refractivity contribution in [2.24, 2.45) is 0 Å². The van der Waals surface area contributed by atoms with Gasteiger partial charge in [-0.3, -0.25) is 4.72 Å². The second-order valence-corrected chi connectivity index (χ2v) is 6.83. The summed E-state index contributed by atoms with van der Waals surface area (Å²) < 4.78 is 32.3. The zero-order valence-corrected chi connectivity index (χ0v) is 13.4. The van der Waals surface area contributed by atoms with Gasteiger partial charge in [0.05, 0.1) is 19.0 Å². The summed E-state index contributed by atoms with van der Waals surface area (Å²) in [7, 11) is -2.11. The molecule has 0 aromatic carbocycles. The van der Waals surface area contributed by atoms with E-state index in [0.717, 1.165) is 11.4 Å². The van der Waals surface area contributed by atoms with Gasteiger partial charge in [0.1, 0.15) is 4.90 Å². The number of ether oxygens (including phenoxy) is 1. The molecule has 6 nitrogen and oxygen atoms in total. The maximum absolute atomic E-state index is 12.4. The fourth-order valence-corrected chi connectivity index (χ4v) is 4.16. The fourth-order valence-electron chi connectivity index (χ4n) is 1.71. The predicted octanol–water partition coefficient (Wildman–Crippen LogP) is 2.06. The molecule has 0 spiro atoms. The molecule has 2 N–H and O–H groups in total. The largest absolute Gasteiger partial charge is 0.481 e. The lowest BCUT2D eigenvalue weighted by Crippen LogP contribution is -2.17. The molecule has 0 amide bonds. The molecule has 0 atom stereocenters. The number of methoxy groups -OCH3 is 1. The minimum Gasteiger partial charge on any atom is -0.481 e. The van der Waals surface area contributed by atoms with E-state index in [1.807, 2.05) is 6.92 Å². The normalized spacial score (nSPS) is 11.3. The van der Waals surface area contributed by atoms with E-state index in [4.69, 9.17) is 4.74 Å². The van der Waals surface area contributed by atoms with Crippen molar-refractivity contribution in [3.05, 3.63) is 34.7 Å². The molecule has 0 aliphatic heterocycles. The van der Waals surface area contributed by atoms with Gasteiger partial charge >= 0.3 is 0 Å². The van der Waals surface area contributed by atoms with Crippen molar-refractivity contribution in [1.29, 1.82) is 0 Å². The average Bonchev–Trinajstić information content (AvgIpc) is 2.95. The lowest BCUT2D eigenvalue weighted by Gasteiger charge is -2.09. The van der Waals surface area contributed by atoms with Crippen LogP contribution in [0.15, 0.2) is 34.7 Å². The van der Waals surface area contributed by atoms with Gasteiger partial charge in [0, 0.05) is 17.5 Å². The highest BCUT2D eigenvalue weighted by Crippen LogP contribution is 2.24. The van der Waals surface area contributed by atoms with Crippen LogP contribution in [0.1, 0.15) is 11.8 Å². The molecule has 114 valence electrons. The van der Waals surface area contributed by atoms with E-state index in [-0.39, 0.29) is 0 Å². The first-order valence-corrected chi connectivity index (χ1v) is 8.73. The standard InChI is InChI=1S/C13H17N3O3S2/c1-3-14-9-11-12(6-7-20-11)21(17,18)16-10-4-5-13(19-2)15-8-10/h4-8,14,16H,3,9H2,1-2H3. The summed E-state index contributed by atoms with van der Waals surface area (Å²) in [6, 6.07) is 4.82. The van der Waals surface area contributed by atoms with Crippen LogP contribution in [-0.2, 0) is 16.6 Å². The molecule has 2 heterocycles. The number of nitrogens with zero attached hydrogens (tertiary/aromatic N) is 1. The van der Waals surface area contributed by atoms with Crippen LogP contribution in [-0.4, -0.2) is 27.1 Å². The topological polar surface area (TPSA) is 80.3 Å². The van der Waals surface area contributed by atoms with Crippen molar-refractivity contribution in [3.8, 4) is 5.88 Å². The molecule has 0 saturated heterocycles. The summed E-state index contributed by atoms with van der Waals surface area (Å²) in [4.78, 5) is 5.05. The van der Waals surface area contributed by atoms with E-state index >= 15 is 0 Å². The molecule has 0 aliphatic rings. The summed E-state index contributed by atoms with van der Waals surface area (Å²) in [5.74, 6) is 0.432. The van der Waals surface area contributed by atoms with E-state index in [2.05, 4.69) is 15.0 Å². The van der Waals surface area contributed by atoms with Gasteiger partial charge in [-0.05, 0) is 24.1 Å². The third-order valence-corrected chi connectivity index (χ3v) is 5.24. The summed E-state index contributed by atoms with van der Waals surface area (Å²) in [5, 5.41) is 4.90. The Bertz CT molecular complexity index is 681. The third kappa shape index (κ3) is 3.93. The van der Waals surface area contributed by atoms with Crippen LogP contribution < -0.4 is 14.8 Å². The highest BCUT2D eigenvalue weighted by Gasteiger charge is 2.19. The highest BCUT2D eigenvalue weighted by atomic mass is 32.2. The quantitative estimate of drug-likeness (QED) is 0.814. The Hall–Kier alpha value is -1.64. The Labute approximate surface area is 128 Å². The molecule has 0 unspecified atom stereocenters. The molecule has 0 fully saturated rings. The van der Waals surface area contributed by atoms with E-state index < -0.39 is 10.0 Å². The summed E-state index contributed by atoms with van der Waals surface area (Å²) >= 11 is 1.42. The third-order valence-electron chi connectivity index (χ3n) is 2.73. The number of anilines is 1. The number of rotatable bonds is 7. The van der Waals surface area contributed by atoms with Crippen molar-refractivity contribution < 1.29 is 13.2 Å². The monoisotopic (exact) mass is 327 g/mol. The van der Waals surface area contributed by atoms with Gasteiger partial charge in [-0.25, -0.2) is 13.4 Å². The number of aromatic nitrogens is 1. The molecule has 2 aromatic heterocycles. The number of nitrogens with one attached hydrogen (secondary N) is 2. The minimum absolute atomic E-state index is 0.296. The number of pyridine rings is 1. The van der Waals surface area contributed by atoms with E-state index in [1.165, 1.54) is 24.6 Å². The van der Waals surface area contributed by atoms with Crippen LogP contribution in [0.3, 0.4) is 0 Å². The van der Waals surface area contributed by atoms with Crippen LogP contribution >= 0.6 is 11.3 Å². The Morgan fingerprint density at radius 1 is 1.33 bits per heavy atom. The summed E-state index contributed by atoms with van der Waals surface area (Å²) in [5.41, 5.74) is 0.399. The maximum Gasteiger partial charge on any atom is 0.263 e. The van der Waals surface area contributed by atoms with E-state index in [9.17, 15) is 8.42 Å². The summed E-state index contributed by atoms with van der Waals surface area (Å²) in [6.45, 7) is 3.29. The first-order chi connectivity index (χ1) is 10.1. The molecule has 2 aromatic rings. The van der Waals surface area contributed by atoms with Crippen LogP contribution in [0.2, 0.25) is 0 Å². The SMILES string of the molecule is CCNCc1sccc1S(=O)(=O)Nc1ccc(OC)nc1. The second kappa shape index (κ2) is 6.88. The maximum atomic E-state index is 12.4. The highest BCUT2D eigenvalue weighted by molar-refractivity contribution is 7.93. The predicted molar refractivity (Wildman–Crippen MR) is 83.3 cm³/mol. The summed E-state index contributed by atoms with van der Waals surface area (Å²) in [6.07, 6.45) is 1.42. The molecular weight excluding hydrogens is 310 g/mol. The van der Waals surface area contributed by atoms with Gasteiger partial charge < -0.3 is 10.1 Å². The second-order valence-electron chi connectivity index (χ2n) is 4.18. The zero-order chi connectivity index (χ0) is 15.3. The van der Waals surface area contributed by atoms with Crippen molar-refractivity contribution in [2.75, 3.05) is 18.4 Å². The van der Waals surface area contributed by atoms with Crippen molar-refractivity contribution >= 4 is 27.0 Å². The van der Waals surface area contributed by atoms with Gasteiger partial charge in [-0.2, -0.15) is 0 Å². The van der Waals surface area contributed by atoms with Crippen molar-refractivity contribution in [2.45, 2.75) is 18.4 Å². The lowest BCUT2D eigenvalue weighted by molar-refractivity contribution is 0.398. The van der Waals surface area contributed by atoms with Crippen LogP contribution in [0.4, 0.5) is 5.69 Å².